The fraction of sp³-hybridized carbons (Fsp3) is 0.375. The lowest BCUT2D eigenvalue weighted by molar-refractivity contribution is 0.102. The fourth-order valence-electron chi connectivity index (χ4n) is 5.46. The van der Waals surface area contributed by atoms with Crippen LogP contribution in [0.1, 0.15) is 46.6 Å². The average molecular weight is 584 g/mol. The molecular formula is C32H37N7O4. The van der Waals surface area contributed by atoms with Crippen LogP contribution in [0.15, 0.2) is 42.5 Å². The van der Waals surface area contributed by atoms with Gasteiger partial charge in [0.1, 0.15) is 0 Å². The molecule has 0 spiro atoms. The number of anilines is 3. The van der Waals surface area contributed by atoms with Crippen molar-refractivity contribution in [2.75, 3.05) is 55.4 Å². The van der Waals surface area contributed by atoms with Crippen LogP contribution in [0.3, 0.4) is 0 Å². The third-order valence-electron chi connectivity index (χ3n) is 7.98. The average Bonchev–Trinajstić information content (AvgIpc) is 3.61. The van der Waals surface area contributed by atoms with E-state index in [1.165, 1.54) is 0 Å². The van der Waals surface area contributed by atoms with Crippen molar-refractivity contribution in [2.45, 2.75) is 39.8 Å². The quantitative estimate of drug-likeness (QED) is 0.402. The molecule has 2 aliphatic heterocycles. The molecule has 2 aliphatic rings. The Kier molecular flexibility index (Phi) is 8.97. The van der Waals surface area contributed by atoms with E-state index in [1.54, 1.807) is 17.0 Å². The van der Waals surface area contributed by atoms with Gasteiger partial charge < -0.3 is 30.1 Å². The largest absolute Gasteiger partial charge is 0.436 e. The Morgan fingerprint density at radius 1 is 0.953 bits per heavy atom. The summed E-state index contributed by atoms with van der Waals surface area (Å²) in [5.74, 6) is 2.09. The maximum absolute atomic E-state index is 13.5. The van der Waals surface area contributed by atoms with E-state index < -0.39 is 6.09 Å². The number of nitrogens with one attached hydrogen (secondary N) is 2. The topological polar surface area (TPSA) is 112 Å². The monoisotopic (exact) mass is 583 g/mol. The Bertz CT molecular complexity index is 1530. The van der Waals surface area contributed by atoms with Crippen molar-refractivity contribution in [3.8, 4) is 12.3 Å². The number of urea groups is 1. The van der Waals surface area contributed by atoms with E-state index >= 15 is 0 Å². The van der Waals surface area contributed by atoms with Gasteiger partial charge in [0.2, 0.25) is 0 Å². The summed E-state index contributed by atoms with van der Waals surface area (Å²) in [5, 5.41) is 10.3. The molecule has 0 unspecified atom stereocenters. The van der Waals surface area contributed by atoms with Crippen LogP contribution in [0.25, 0.3) is 0 Å². The van der Waals surface area contributed by atoms with Gasteiger partial charge in [-0.2, -0.15) is 4.68 Å². The van der Waals surface area contributed by atoms with Crippen molar-refractivity contribution in [1.82, 2.24) is 19.6 Å². The highest BCUT2D eigenvalue weighted by Crippen LogP contribution is 2.31. The molecule has 2 N–H and O–H groups in total. The highest BCUT2D eigenvalue weighted by molar-refractivity contribution is 6.04. The number of terminal acetylenes is 1. The Hall–Kier alpha value is -4.82. The molecule has 43 heavy (non-hydrogen) atoms. The standard InChI is InChI=1S/C32H37N7O4/c1-5-19-43-32(42)39-27-21-38(31(41)33-28-22(6-2)9-8-10-23(28)7-3)20-26(27)29(35-39)34-30(40)24-11-13-25(14-12-24)37-17-15-36(4)16-18-37/h1,8-14H,6-7,15-21H2,2-4H3,(H,33,41)(H,34,35,40). The van der Waals surface area contributed by atoms with E-state index in [-0.39, 0.29) is 37.5 Å². The van der Waals surface area contributed by atoms with Crippen LogP contribution in [0.4, 0.5) is 26.8 Å². The zero-order chi connectivity index (χ0) is 30.5. The van der Waals surface area contributed by atoms with Gasteiger partial charge in [0.05, 0.1) is 18.8 Å². The molecule has 11 heteroatoms. The molecule has 224 valence electrons. The molecule has 0 aliphatic carbocycles. The molecule has 0 atom stereocenters. The molecule has 0 saturated carbocycles. The lowest BCUT2D eigenvalue weighted by atomic mass is 10.0. The van der Waals surface area contributed by atoms with Crippen LogP contribution < -0.4 is 15.5 Å². The molecular weight excluding hydrogens is 546 g/mol. The van der Waals surface area contributed by atoms with Crippen molar-refractivity contribution in [3.63, 3.8) is 0 Å². The predicted octanol–water partition coefficient (Wildman–Crippen LogP) is 4.18. The summed E-state index contributed by atoms with van der Waals surface area (Å²) < 4.78 is 6.19. The summed E-state index contributed by atoms with van der Waals surface area (Å²) in [6, 6.07) is 13.1. The highest BCUT2D eigenvalue weighted by Gasteiger charge is 2.34. The Morgan fingerprint density at radius 3 is 2.26 bits per heavy atom. The number of aryl methyl sites for hydroxylation is 2. The minimum atomic E-state index is -0.780. The lowest BCUT2D eigenvalue weighted by Crippen LogP contribution is -2.44. The van der Waals surface area contributed by atoms with Gasteiger partial charge in [-0.05, 0) is 55.3 Å². The third kappa shape index (κ3) is 6.34. The van der Waals surface area contributed by atoms with Crippen molar-refractivity contribution >= 4 is 35.2 Å². The van der Waals surface area contributed by atoms with E-state index in [0.717, 1.165) is 66.2 Å². The number of piperazine rings is 1. The predicted molar refractivity (Wildman–Crippen MR) is 165 cm³/mol. The van der Waals surface area contributed by atoms with Crippen LogP contribution in [0, 0.1) is 12.3 Å². The molecule has 3 heterocycles. The number of likely N-dealkylation sites (N-methyl/N-ethyl adjacent to an activating group) is 1. The number of hydrogen-bond acceptors (Lipinski definition) is 7. The first-order valence-electron chi connectivity index (χ1n) is 14.6. The SMILES string of the molecule is C#CCOC(=O)n1nc(NC(=O)c2ccc(N3CCN(C)CC3)cc2)c2c1CN(C(=O)Nc1c(CC)cccc1CC)C2. The number of ether oxygens (including phenoxy) is 1. The van der Waals surface area contributed by atoms with Crippen LogP contribution in [-0.4, -0.2) is 77.4 Å². The maximum atomic E-state index is 13.5. The normalized spacial score (nSPS) is 14.7. The third-order valence-corrected chi connectivity index (χ3v) is 7.98. The molecule has 2 aromatic carbocycles. The van der Waals surface area contributed by atoms with E-state index in [1.807, 2.05) is 44.2 Å². The minimum absolute atomic E-state index is 0.102. The summed E-state index contributed by atoms with van der Waals surface area (Å²) in [5.41, 5.74) is 5.42. The molecule has 5 rings (SSSR count). The zero-order valence-corrected chi connectivity index (χ0v) is 24.9. The summed E-state index contributed by atoms with van der Waals surface area (Å²) in [7, 11) is 2.11. The Morgan fingerprint density at radius 2 is 1.63 bits per heavy atom. The number of amides is 3. The molecule has 0 radical (unpaired) electrons. The van der Waals surface area contributed by atoms with E-state index in [4.69, 9.17) is 11.2 Å². The summed E-state index contributed by atoms with van der Waals surface area (Å²) >= 11 is 0. The second-order valence-electron chi connectivity index (χ2n) is 10.7. The van der Waals surface area contributed by atoms with Crippen LogP contribution in [-0.2, 0) is 30.7 Å². The van der Waals surface area contributed by atoms with Gasteiger partial charge in [-0.3, -0.25) is 4.79 Å². The first kappa shape index (κ1) is 29.7. The van der Waals surface area contributed by atoms with Gasteiger partial charge >= 0.3 is 12.1 Å². The van der Waals surface area contributed by atoms with Gasteiger partial charge in [-0.25, -0.2) is 9.59 Å². The van der Waals surface area contributed by atoms with Crippen molar-refractivity contribution in [2.24, 2.45) is 0 Å². The van der Waals surface area contributed by atoms with Gasteiger partial charge in [-0.1, -0.05) is 38.0 Å². The molecule has 11 nitrogen and oxygen atoms in total. The fourth-order valence-corrected chi connectivity index (χ4v) is 5.46. The van der Waals surface area contributed by atoms with E-state index in [2.05, 4.69) is 38.5 Å². The highest BCUT2D eigenvalue weighted by atomic mass is 16.6. The van der Waals surface area contributed by atoms with Gasteiger partial charge in [0.25, 0.3) is 5.91 Å². The molecule has 1 saturated heterocycles. The van der Waals surface area contributed by atoms with Gasteiger partial charge in [0.15, 0.2) is 12.4 Å². The number of para-hydroxylation sites is 1. The number of benzene rings is 2. The minimum Gasteiger partial charge on any atom is -0.435 e. The van der Waals surface area contributed by atoms with Crippen molar-refractivity contribution < 1.29 is 19.1 Å². The molecule has 1 fully saturated rings. The number of hydrogen-bond donors (Lipinski definition) is 2. The molecule has 1 aromatic heterocycles. The summed E-state index contributed by atoms with van der Waals surface area (Å²) in [4.78, 5) is 45.7. The summed E-state index contributed by atoms with van der Waals surface area (Å²) in [6.07, 6.45) is 6.03. The number of nitrogens with zero attached hydrogens (tertiary/aromatic N) is 5. The van der Waals surface area contributed by atoms with E-state index in [9.17, 15) is 14.4 Å². The number of aromatic nitrogens is 2. The smallest absolute Gasteiger partial charge is 0.435 e. The van der Waals surface area contributed by atoms with Gasteiger partial charge in [-0.15, -0.1) is 11.5 Å². The molecule has 3 amide bonds. The number of carbonyl (C=O) groups excluding carboxylic acids is 3. The van der Waals surface area contributed by atoms with Crippen LogP contribution in [0.2, 0.25) is 0 Å². The van der Waals surface area contributed by atoms with Gasteiger partial charge in [0, 0.05) is 48.7 Å². The second kappa shape index (κ2) is 13.0. The molecule has 3 aromatic rings. The zero-order valence-electron chi connectivity index (χ0n) is 24.9. The Balaban J connectivity index is 1.35. The summed E-state index contributed by atoms with van der Waals surface area (Å²) in [6.45, 7) is 7.93. The lowest BCUT2D eigenvalue weighted by Gasteiger charge is -2.34. The van der Waals surface area contributed by atoms with Crippen LogP contribution >= 0.6 is 0 Å². The van der Waals surface area contributed by atoms with E-state index in [0.29, 0.717) is 16.8 Å². The molecule has 0 bridgehead atoms. The van der Waals surface area contributed by atoms with Crippen LogP contribution in [0.5, 0.6) is 0 Å². The first-order chi connectivity index (χ1) is 20.8. The number of fused-ring (bicyclic) bond motifs is 1. The van der Waals surface area contributed by atoms with Crippen molar-refractivity contribution in [3.05, 3.63) is 70.4 Å². The number of rotatable bonds is 7. The van der Waals surface area contributed by atoms with Crippen molar-refractivity contribution in [1.29, 1.82) is 0 Å². The second-order valence-corrected chi connectivity index (χ2v) is 10.7. The first-order valence-corrected chi connectivity index (χ1v) is 14.6. The maximum Gasteiger partial charge on any atom is 0.436 e. The number of carbonyl (C=O) groups is 3. The Labute approximate surface area is 251 Å².